The van der Waals surface area contributed by atoms with Crippen molar-refractivity contribution in [2.75, 3.05) is 26.9 Å². The predicted octanol–water partition coefficient (Wildman–Crippen LogP) is 1.00. The minimum Gasteiger partial charge on any atom is -0.481 e. The highest BCUT2D eigenvalue weighted by molar-refractivity contribution is 7.85. The largest absolute Gasteiger partial charge is 0.481 e. The molecule has 1 aromatic rings. The Balaban J connectivity index is 0.00000161. The van der Waals surface area contributed by atoms with E-state index < -0.39 is 22.2 Å². The molecule has 0 aliphatic carbocycles. The summed E-state index contributed by atoms with van der Waals surface area (Å²) in [5.41, 5.74) is 0.486. The summed E-state index contributed by atoms with van der Waals surface area (Å²) >= 11 is 0. The lowest BCUT2D eigenvalue weighted by Gasteiger charge is -2.17. The topological polar surface area (TPSA) is 154 Å². The standard InChI is InChI=1S/C18H27N3O5.CH4O3S/c1-13(2)8-14(9-16(22)23)10-19-18(25)26-12-21-7-5-6-15(11-21)17(24)20(3)4;1-5(2,3)4/h5-7,11,13-14H,8-10,12H2,1-4H3,(H-,19,22,23,25);1H3,(H,2,3,4)/p+1/t14-;/m0./s1. The van der Waals surface area contributed by atoms with Crippen LogP contribution in [0.5, 0.6) is 0 Å². The SMILES string of the molecule is CC(C)C[C@H](CNC(=O)OC[n+]1cccc(C(=O)N(C)C)c1)CC(=O)O.CS(=O)(=O)O. The molecule has 0 aliphatic rings. The van der Waals surface area contributed by atoms with Crippen LogP contribution >= 0.6 is 0 Å². The van der Waals surface area contributed by atoms with Gasteiger partial charge in [-0.15, -0.1) is 0 Å². The van der Waals surface area contributed by atoms with Gasteiger partial charge in [-0.05, 0) is 24.3 Å². The Labute approximate surface area is 182 Å². The fourth-order valence-electron chi connectivity index (χ4n) is 2.55. The maximum Gasteiger partial charge on any atom is 0.412 e. The summed E-state index contributed by atoms with van der Waals surface area (Å²) in [6.45, 7) is 4.21. The number of nitrogens with zero attached hydrogens (tertiary/aromatic N) is 2. The fourth-order valence-corrected chi connectivity index (χ4v) is 2.55. The summed E-state index contributed by atoms with van der Waals surface area (Å²) in [4.78, 5) is 36.1. The zero-order chi connectivity index (χ0) is 24.2. The highest BCUT2D eigenvalue weighted by Gasteiger charge is 2.17. The Morgan fingerprint density at radius 3 is 2.32 bits per heavy atom. The first-order valence-electron chi connectivity index (χ1n) is 9.44. The van der Waals surface area contributed by atoms with E-state index in [2.05, 4.69) is 5.32 Å². The van der Waals surface area contributed by atoms with Crippen LogP contribution in [0.4, 0.5) is 4.79 Å². The predicted molar refractivity (Wildman–Crippen MR) is 112 cm³/mol. The van der Waals surface area contributed by atoms with Crippen molar-refractivity contribution >= 4 is 28.1 Å². The Bertz CT molecular complexity index is 832. The number of carbonyl (C=O) groups is 3. The lowest BCUT2D eigenvalue weighted by molar-refractivity contribution is -0.727. The van der Waals surface area contributed by atoms with Crippen LogP contribution in [-0.4, -0.2) is 67.8 Å². The van der Waals surface area contributed by atoms with E-state index in [0.717, 1.165) is 0 Å². The van der Waals surface area contributed by atoms with Gasteiger partial charge in [0.25, 0.3) is 22.8 Å². The quantitative estimate of drug-likeness (QED) is 0.363. The number of pyridine rings is 1. The molecule has 1 rings (SSSR count). The first-order chi connectivity index (χ1) is 14.2. The van der Waals surface area contributed by atoms with E-state index in [-0.39, 0.29) is 31.5 Å². The minimum atomic E-state index is -3.67. The molecule has 0 aliphatic heterocycles. The number of hydrogen-bond donors (Lipinski definition) is 3. The van der Waals surface area contributed by atoms with E-state index in [1.165, 1.54) is 4.90 Å². The van der Waals surface area contributed by atoms with Crippen molar-refractivity contribution in [3.8, 4) is 0 Å². The monoisotopic (exact) mass is 462 g/mol. The van der Waals surface area contributed by atoms with Gasteiger partial charge in [0.15, 0.2) is 12.4 Å². The van der Waals surface area contributed by atoms with Crippen LogP contribution in [0.15, 0.2) is 24.5 Å². The number of ether oxygens (including phenoxy) is 1. The van der Waals surface area contributed by atoms with Crippen LogP contribution in [0, 0.1) is 11.8 Å². The van der Waals surface area contributed by atoms with Crippen molar-refractivity contribution in [2.45, 2.75) is 33.4 Å². The molecule has 12 heteroatoms. The fraction of sp³-hybridized carbons (Fsp3) is 0.579. The number of carbonyl (C=O) groups excluding carboxylic acids is 2. The van der Waals surface area contributed by atoms with Crippen LogP contribution in [0.2, 0.25) is 0 Å². The molecule has 31 heavy (non-hydrogen) atoms. The number of amides is 2. The molecule has 0 bridgehead atoms. The second kappa shape index (κ2) is 13.5. The second-order valence-corrected chi connectivity index (χ2v) is 9.04. The van der Waals surface area contributed by atoms with Gasteiger partial charge in [0, 0.05) is 33.1 Å². The van der Waals surface area contributed by atoms with Crippen LogP contribution in [0.25, 0.3) is 0 Å². The normalized spacial score (nSPS) is 11.7. The van der Waals surface area contributed by atoms with Gasteiger partial charge in [-0.25, -0.2) is 4.79 Å². The van der Waals surface area contributed by atoms with Crippen LogP contribution in [0.3, 0.4) is 0 Å². The van der Waals surface area contributed by atoms with Crippen LogP contribution < -0.4 is 9.88 Å². The molecule has 0 aromatic carbocycles. The van der Waals surface area contributed by atoms with E-state index in [1.807, 2.05) is 13.8 Å². The third-order valence-electron chi connectivity index (χ3n) is 3.66. The third-order valence-corrected chi connectivity index (χ3v) is 3.66. The van der Waals surface area contributed by atoms with Gasteiger partial charge in [0.2, 0.25) is 0 Å². The van der Waals surface area contributed by atoms with Crippen LogP contribution in [0.1, 0.15) is 37.0 Å². The molecule has 1 atom stereocenters. The zero-order valence-electron chi connectivity index (χ0n) is 18.4. The van der Waals surface area contributed by atoms with Crippen molar-refractivity contribution in [2.24, 2.45) is 11.8 Å². The lowest BCUT2D eigenvalue weighted by Crippen LogP contribution is -2.40. The number of carboxylic acid groups (broad SMARTS) is 1. The van der Waals surface area contributed by atoms with E-state index in [0.29, 0.717) is 24.2 Å². The summed E-state index contributed by atoms with van der Waals surface area (Å²) < 4.78 is 32.6. The van der Waals surface area contributed by atoms with Crippen molar-refractivity contribution in [3.05, 3.63) is 30.1 Å². The Morgan fingerprint density at radius 1 is 1.26 bits per heavy atom. The van der Waals surface area contributed by atoms with Crippen molar-refractivity contribution in [3.63, 3.8) is 0 Å². The summed E-state index contributed by atoms with van der Waals surface area (Å²) in [6, 6.07) is 3.38. The molecule has 1 aromatic heterocycles. The molecule has 0 spiro atoms. The molecule has 0 unspecified atom stereocenters. The van der Waals surface area contributed by atoms with Crippen molar-refractivity contribution in [1.82, 2.24) is 10.2 Å². The summed E-state index contributed by atoms with van der Waals surface area (Å²) in [5, 5.41) is 11.6. The van der Waals surface area contributed by atoms with Crippen molar-refractivity contribution in [1.29, 1.82) is 0 Å². The smallest absolute Gasteiger partial charge is 0.412 e. The van der Waals surface area contributed by atoms with Gasteiger partial charge in [-0.1, -0.05) is 13.8 Å². The minimum absolute atomic E-state index is 0.00189. The molecule has 0 fully saturated rings. The molecule has 1 heterocycles. The molecule has 176 valence electrons. The maximum atomic E-state index is 11.9. The number of rotatable bonds is 9. The first-order valence-corrected chi connectivity index (χ1v) is 11.3. The first kappa shape index (κ1) is 28.3. The number of aliphatic carboxylic acids is 1. The lowest BCUT2D eigenvalue weighted by atomic mass is 9.94. The Hall–Kier alpha value is -2.73. The van der Waals surface area contributed by atoms with Gasteiger partial charge in [0.05, 0.1) is 6.26 Å². The van der Waals surface area contributed by atoms with Crippen molar-refractivity contribution < 1.29 is 41.8 Å². The molecule has 3 N–H and O–H groups in total. The van der Waals surface area contributed by atoms with Gasteiger partial charge in [-0.3, -0.25) is 14.1 Å². The summed E-state index contributed by atoms with van der Waals surface area (Å²) in [5.74, 6) is -0.837. The average molecular weight is 463 g/mol. The second-order valence-electron chi connectivity index (χ2n) is 7.57. The molecule has 11 nitrogen and oxygen atoms in total. The molecular weight excluding hydrogens is 430 g/mol. The summed E-state index contributed by atoms with van der Waals surface area (Å²) in [7, 11) is -0.345. The molecule has 0 saturated heterocycles. The van der Waals surface area contributed by atoms with Gasteiger partial charge >= 0.3 is 12.1 Å². The number of hydrogen-bond acceptors (Lipinski definition) is 6. The number of nitrogens with one attached hydrogen (secondary N) is 1. The third kappa shape index (κ3) is 15.7. The molecule has 2 amide bonds. The zero-order valence-corrected chi connectivity index (χ0v) is 19.3. The molecule has 0 radical (unpaired) electrons. The van der Waals surface area contributed by atoms with E-state index >= 15 is 0 Å². The summed E-state index contributed by atoms with van der Waals surface area (Å²) in [6.07, 6.45) is 4.08. The molecular formula is C19H32N3O8S+. The van der Waals surface area contributed by atoms with E-state index in [9.17, 15) is 22.8 Å². The number of carboxylic acids is 1. The maximum absolute atomic E-state index is 11.9. The molecule has 0 saturated carbocycles. The van der Waals surface area contributed by atoms with E-state index in [1.54, 1.807) is 43.2 Å². The number of alkyl carbamates (subject to hydrolysis) is 1. The van der Waals surface area contributed by atoms with Gasteiger partial charge in [0.1, 0.15) is 5.56 Å². The highest BCUT2D eigenvalue weighted by Crippen LogP contribution is 2.14. The van der Waals surface area contributed by atoms with E-state index in [4.69, 9.17) is 14.4 Å². The number of aromatic nitrogens is 1. The Kier molecular flexibility index (Phi) is 12.4. The Morgan fingerprint density at radius 2 is 1.84 bits per heavy atom. The highest BCUT2D eigenvalue weighted by atomic mass is 32.2. The average Bonchev–Trinajstić information content (AvgIpc) is 2.61. The van der Waals surface area contributed by atoms with Gasteiger partial charge in [-0.2, -0.15) is 13.0 Å². The van der Waals surface area contributed by atoms with Gasteiger partial charge < -0.3 is 20.1 Å². The van der Waals surface area contributed by atoms with Crippen LogP contribution in [-0.2, 0) is 26.4 Å².